The summed E-state index contributed by atoms with van der Waals surface area (Å²) in [5.41, 5.74) is 2.50. The van der Waals surface area contributed by atoms with Crippen LogP contribution in [0.2, 0.25) is 5.02 Å². The number of halogens is 3. The predicted octanol–water partition coefficient (Wildman–Crippen LogP) is 5.18. The molecule has 0 saturated carbocycles. The number of piperazine rings is 1. The van der Waals surface area contributed by atoms with E-state index in [0.29, 0.717) is 52.4 Å². The number of nitrogens with one attached hydrogen (secondary N) is 1. The standard InChI is InChI=1S/C31H34ClF2N7O/c1-17-4-5-18-12-35-39(2)28(18)24(17)25-23(32)10-22-27(26(25)34)37-30(38-29(22)40-14-20-6-7-21(15-40)36-20)42-16-31-8-3-9-41(31)13-19(33)11-31/h4-5,10,12,19-21,36H,3,6-9,11,13-16H2,1-2H3/t19-,20-,21+,31+/m1/s1. The molecular formula is C31H34ClF2N7O. The first kappa shape index (κ1) is 26.5. The molecule has 0 spiro atoms. The summed E-state index contributed by atoms with van der Waals surface area (Å²) in [6.07, 6.45) is 5.44. The van der Waals surface area contributed by atoms with Crippen molar-refractivity contribution in [3.05, 3.63) is 40.8 Å². The fourth-order valence-corrected chi connectivity index (χ4v) is 8.28. The van der Waals surface area contributed by atoms with E-state index in [4.69, 9.17) is 21.3 Å². The molecule has 4 aliphatic rings. The van der Waals surface area contributed by atoms with Crippen molar-refractivity contribution in [2.75, 3.05) is 37.7 Å². The first-order valence-corrected chi connectivity index (χ1v) is 15.3. The maximum Gasteiger partial charge on any atom is 0.319 e. The van der Waals surface area contributed by atoms with Gasteiger partial charge >= 0.3 is 6.01 Å². The largest absolute Gasteiger partial charge is 0.461 e. The van der Waals surface area contributed by atoms with E-state index in [1.165, 1.54) is 0 Å². The molecule has 0 aliphatic carbocycles. The van der Waals surface area contributed by atoms with Gasteiger partial charge in [-0.15, -0.1) is 0 Å². The van der Waals surface area contributed by atoms with Crippen molar-refractivity contribution in [3.8, 4) is 17.1 Å². The van der Waals surface area contributed by atoms with Crippen LogP contribution in [0.3, 0.4) is 0 Å². The fourth-order valence-electron chi connectivity index (χ4n) is 8.00. The number of nitrogens with zero attached hydrogens (tertiary/aromatic N) is 6. The van der Waals surface area contributed by atoms with Crippen LogP contribution in [-0.2, 0) is 7.05 Å². The third kappa shape index (κ3) is 4.09. The zero-order valence-corrected chi connectivity index (χ0v) is 24.6. The van der Waals surface area contributed by atoms with Crippen molar-refractivity contribution in [1.82, 2.24) is 30.0 Å². The number of benzene rings is 2. The summed E-state index contributed by atoms with van der Waals surface area (Å²) in [4.78, 5) is 14.0. The zero-order chi connectivity index (χ0) is 28.7. The van der Waals surface area contributed by atoms with Gasteiger partial charge in [0.1, 0.15) is 24.1 Å². The van der Waals surface area contributed by atoms with E-state index in [1.807, 2.05) is 26.1 Å². The minimum absolute atomic E-state index is 0.120. The molecule has 11 heteroatoms. The van der Waals surface area contributed by atoms with E-state index in [2.05, 4.69) is 25.2 Å². The van der Waals surface area contributed by atoms with Gasteiger partial charge in [0, 0.05) is 67.1 Å². The second-order valence-corrected chi connectivity index (χ2v) is 13.1. The highest BCUT2D eigenvalue weighted by molar-refractivity contribution is 6.35. The molecule has 4 saturated heterocycles. The Morgan fingerprint density at radius 1 is 1.14 bits per heavy atom. The quantitative estimate of drug-likeness (QED) is 0.342. The van der Waals surface area contributed by atoms with E-state index in [1.54, 1.807) is 16.9 Å². The summed E-state index contributed by atoms with van der Waals surface area (Å²) in [6, 6.07) is 6.57. The fraction of sp³-hybridized carbons (Fsp3) is 0.516. The van der Waals surface area contributed by atoms with Gasteiger partial charge in [0.15, 0.2) is 5.82 Å². The van der Waals surface area contributed by atoms with Crippen molar-refractivity contribution >= 4 is 39.2 Å². The van der Waals surface area contributed by atoms with Crippen LogP contribution < -0.4 is 15.0 Å². The second-order valence-electron chi connectivity index (χ2n) is 12.6. The minimum atomic E-state index is -0.863. The lowest BCUT2D eigenvalue weighted by molar-refractivity contribution is 0.107. The number of aryl methyl sites for hydroxylation is 2. The number of aromatic nitrogens is 4. The first-order chi connectivity index (χ1) is 20.3. The van der Waals surface area contributed by atoms with E-state index in [9.17, 15) is 4.39 Å². The van der Waals surface area contributed by atoms with Gasteiger partial charge in [-0.2, -0.15) is 15.1 Å². The Hall–Kier alpha value is -3.08. The van der Waals surface area contributed by atoms with Gasteiger partial charge in [-0.3, -0.25) is 9.58 Å². The van der Waals surface area contributed by atoms with E-state index in [0.717, 1.165) is 61.8 Å². The van der Waals surface area contributed by atoms with Gasteiger partial charge in [0.05, 0.1) is 22.3 Å². The van der Waals surface area contributed by atoms with Gasteiger partial charge in [-0.1, -0.05) is 23.7 Å². The summed E-state index contributed by atoms with van der Waals surface area (Å²) >= 11 is 6.95. The molecule has 8 nitrogen and oxygen atoms in total. The summed E-state index contributed by atoms with van der Waals surface area (Å²) < 4.78 is 39.4. The van der Waals surface area contributed by atoms with Crippen LogP contribution in [0.1, 0.15) is 37.7 Å². The van der Waals surface area contributed by atoms with Crippen LogP contribution in [0.5, 0.6) is 6.01 Å². The topological polar surface area (TPSA) is 71.3 Å². The molecule has 8 rings (SSSR count). The summed E-state index contributed by atoms with van der Waals surface area (Å²) in [6.45, 7) is 5.05. The summed E-state index contributed by atoms with van der Waals surface area (Å²) in [5.74, 6) is 0.123. The Bertz CT molecular complexity index is 1720. The molecule has 2 aromatic heterocycles. The predicted molar refractivity (Wildman–Crippen MR) is 160 cm³/mol. The lowest BCUT2D eigenvalue weighted by Gasteiger charge is -2.34. The van der Waals surface area contributed by atoms with Crippen molar-refractivity contribution in [3.63, 3.8) is 0 Å². The number of alkyl halides is 1. The Balaban J connectivity index is 1.28. The maximum atomic E-state index is 16.9. The maximum absolute atomic E-state index is 16.9. The van der Waals surface area contributed by atoms with E-state index >= 15 is 4.39 Å². The normalized spacial score (nSPS) is 27.5. The molecule has 1 N–H and O–H groups in total. The second kappa shape index (κ2) is 9.72. The Morgan fingerprint density at radius 3 is 2.76 bits per heavy atom. The summed E-state index contributed by atoms with van der Waals surface area (Å²) in [5, 5.41) is 9.83. The molecule has 4 aromatic rings. The van der Waals surface area contributed by atoms with Gasteiger partial charge in [0.2, 0.25) is 0 Å². The molecule has 0 radical (unpaired) electrons. The average Bonchev–Trinajstić information content (AvgIpc) is 3.70. The zero-order valence-electron chi connectivity index (χ0n) is 23.8. The first-order valence-electron chi connectivity index (χ1n) is 14.9. The number of hydrogen-bond acceptors (Lipinski definition) is 7. The van der Waals surface area contributed by atoms with Gasteiger partial charge in [-0.25, -0.2) is 8.78 Å². The Kier molecular flexibility index (Phi) is 6.14. The lowest BCUT2D eigenvalue weighted by Crippen LogP contribution is -2.51. The van der Waals surface area contributed by atoms with Crippen molar-refractivity contribution in [2.24, 2.45) is 7.05 Å². The molecule has 4 atom stereocenters. The van der Waals surface area contributed by atoms with Crippen LogP contribution in [0.25, 0.3) is 32.9 Å². The molecule has 6 heterocycles. The number of anilines is 1. The molecule has 2 aromatic carbocycles. The van der Waals surface area contributed by atoms with E-state index < -0.39 is 12.0 Å². The number of hydrogen-bond donors (Lipinski definition) is 1. The summed E-state index contributed by atoms with van der Waals surface area (Å²) in [7, 11) is 1.85. The molecule has 0 amide bonds. The minimum Gasteiger partial charge on any atom is -0.461 e. The van der Waals surface area contributed by atoms with Crippen LogP contribution in [0.15, 0.2) is 24.4 Å². The molecule has 42 heavy (non-hydrogen) atoms. The van der Waals surface area contributed by atoms with Crippen molar-refractivity contribution in [2.45, 2.75) is 62.8 Å². The van der Waals surface area contributed by atoms with Crippen molar-refractivity contribution < 1.29 is 13.5 Å². The molecule has 0 unspecified atom stereocenters. The number of fused-ring (bicyclic) bond motifs is 5. The highest BCUT2D eigenvalue weighted by Gasteiger charge is 2.49. The lowest BCUT2D eigenvalue weighted by atomic mass is 9.95. The highest BCUT2D eigenvalue weighted by Crippen LogP contribution is 2.44. The number of rotatable bonds is 5. The third-order valence-electron chi connectivity index (χ3n) is 9.95. The Labute approximate surface area is 248 Å². The highest BCUT2D eigenvalue weighted by atomic mass is 35.5. The third-order valence-corrected chi connectivity index (χ3v) is 10.2. The van der Waals surface area contributed by atoms with Crippen LogP contribution in [0.4, 0.5) is 14.6 Å². The Morgan fingerprint density at radius 2 is 1.95 bits per heavy atom. The number of ether oxygens (including phenoxy) is 1. The average molecular weight is 594 g/mol. The molecular weight excluding hydrogens is 560 g/mol. The van der Waals surface area contributed by atoms with Gasteiger partial charge in [0.25, 0.3) is 0 Å². The van der Waals surface area contributed by atoms with E-state index in [-0.39, 0.29) is 23.7 Å². The van der Waals surface area contributed by atoms with Gasteiger partial charge in [-0.05, 0) is 50.8 Å². The molecule has 2 bridgehead atoms. The van der Waals surface area contributed by atoms with Crippen LogP contribution >= 0.6 is 11.6 Å². The SMILES string of the molecule is Cc1ccc2cnn(C)c2c1-c1c(Cl)cc2c(N3C[C@H]4CC[C@@H](C3)N4)nc(OC[C@@]34CCCN3C[C@H](F)C4)nc2c1F. The smallest absolute Gasteiger partial charge is 0.319 e. The van der Waals surface area contributed by atoms with Gasteiger partial charge < -0.3 is 15.0 Å². The van der Waals surface area contributed by atoms with Crippen molar-refractivity contribution in [1.29, 1.82) is 0 Å². The molecule has 4 fully saturated rings. The molecule has 220 valence electrons. The monoisotopic (exact) mass is 593 g/mol. The van der Waals surface area contributed by atoms with Crippen LogP contribution in [0, 0.1) is 12.7 Å². The van der Waals surface area contributed by atoms with Crippen LogP contribution in [-0.4, -0.2) is 81.2 Å². The molecule has 4 aliphatic heterocycles.